The SMILES string of the molecule is C[C@@H](CC(F)(F)F)Nc1ncc2c(OC3C[C@H]4CC[C@@H](C3)N4C[C@@H]3CCCO3)ncc(C3CCC(O)CC3)c2n1. The maximum absolute atomic E-state index is 12.9. The number of anilines is 1. The molecule has 3 saturated heterocycles. The van der Waals surface area contributed by atoms with Gasteiger partial charge in [0.2, 0.25) is 11.8 Å². The van der Waals surface area contributed by atoms with Crippen molar-refractivity contribution in [3.63, 3.8) is 0 Å². The number of nitrogens with one attached hydrogen (secondary N) is 1. The molecule has 1 saturated carbocycles. The molecule has 4 fully saturated rings. The summed E-state index contributed by atoms with van der Waals surface area (Å²) in [6.45, 7) is 3.35. The number of pyridine rings is 1. The molecule has 0 aromatic carbocycles. The second-order valence-electron chi connectivity index (χ2n) is 12.3. The fourth-order valence-electron chi connectivity index (χ4n) is 7.28. The number of hydrogen-bond donors (Lipinski definition) is 2. The van der Waals surface area contributed by atoms with Crippen molar-refractivity contribution >= 4 is 16.9 Å². The Morgan fingerprint density at radius 2 is 1.82 bits per heavy atom. The highest BCUT2D eigenvalue weighted by Crippen LogP contribution is 2.41. The number of nitrogens with zero attached hydrogens (tertiary/aromatic N) is 4. The van der Waals surface area contributed by atoms with E-state index < -0.39 is 18.6 Å². The molecule has 40 heavy (non-hydrogen) atoms. The largest absolute Gasteiger partial charge is 0.474 e. The minimum absolute atomic E-state index is 0.0363. The average Bonchev–Trinajstić information content (AvgIpc) is 3.49. The molecule has 11 heteroatoms. The highest BCUT2D eigenvalue weighted by atomic mass is 19.4. The lowest BCUT2D eigenvalue weighted by Gasteiger charge is -2.39. The first-order valence-corrected chi connectivity index (χ1v) is 14.9. The van der Waals surface area contributed by atoms with E-state index in [1.54, 1.807) is 6.20 Å². The Labute approximate surface area is 233 Å². The van der Waals surface area contributed by atoms with Gasteiger partial charge in [-0.2, -0.15) is 13.2 Å². The highest BCUT2D eigenvalue weighted by molar-refractivity contribution is 5.86. The van der Waals surface area contributed by atoms with Gasteiger partial charge in [-0.3, -0.25) is 4.90 Å². The van der Waals surface area contributed by atoms with Crippen molar-refractivity contribution in [1.29, 1.82) is 0 Å². The number of hydrogen-bond acceptors (Lipinski definition) is 8. The first-order chi connectivity index (χ1) is 19.2. The number of alkyl halides is 3. The first kappa shape index (κ1) is 27.9. The molecule has 0 radical (unpaired) electrons. The number of aromatic nitrogens is 3. The Kier molecular flexibility index (Phi) is 8.07. The molecular weight excluding hydrogens is 523 g/mol. The second-order valence-corrected chi connectivity index (χ2v) is 12.3. The third-order valence-electron chi connectivity index (χ3n) is 9.22. The normalized spacial score (nSPS) is 31.9. The topological polar surface area (TPSA) is 92.6 Å². The van der Waals surface area contributed by atoms with Crippen LogP contribution in [0.5, 0.6) is 5.88 Å². The zero-order chi connectivity index (χ0) is 27.9. The summed E-state index contributed by atoms with van der Waals surface area (Å²) >= 11 is 0. The standard InChI is InChI=1S/C29H40F3N5O3/c1-17(13-29(30,31)32)35-28-34-15-25-26(36-28)24(18-4-8-21(38)9-5-18)14-33-27(25)40-23-11-19-6-7-20(12-23)37(19)16-22-3-2-10-39-22/h14-15,17-23,38H,2-13,16H2,1H3,(H,34,35,36)/t17-,18?,19-,20+,21?,22-,23?/m0/s1. The number of halogens is 3. The smallest absolute Gasteiger partial charge is 0.391 e. The number of fused-ring (bicyclic) bond motifs is 3. The van der Waals surface area contributed by atoms with Crippen molar-refractivity contribution in [3.05, 3.63) is 18.0 Å². The monoisotopic (exact) mass is 563 g/mol. The first-order valence-electron chi connectivity index (χ1n) is 14.9. The summed E-state index contributed by atoms with van der Waals surface area (Å²) < 4.78 is 51.2. The summed E-state index contributed by atoms with van der Waals surface area (Å²) in [5, 5.41) is 13.5. The van der Waals surface area contributed by atoms with Crippen LogP contribution in [0, 0.1) is 0 Å². The summed E-state index contributed by atoms with van der Waals surface area (Å²) in [6, 6.07) is 0.0993. The van der Waals surface area contributed by atoms with Crippen LogP contribution in [0.3, 0.4) is 0 Å². The van der Waals surface area contributed by atoms with Gasteiger partial charge in [0.25, 0.3) is 0 Å². The van der Waals surface area contributed by atoms with Crippen molar-refractivity contribution < 1.29 is 27.8 Å². The van der Waals surface area contributed by atoms with E-state index in [2.05, 4.69) is 15.2 Å². The number of aliphatic hydroxyl groups excluding tert-OH is 1. The van der Waals surface area contributed by atoms with Gasteiger partial charge < -0.3 is 19.9 Å². The molecule has 2 aromatic rings. The van der Waals surface area contributed by atoms with Gasteiger partial charge in [0.1, 0.15) is 6.10 Å². The van der Waals surface area contributed by atoms with Crippen molar-refractivity contribution in [2.45, 2.75) is 126 Å². The minimum atomic E-state index is -4.28. The Bertz CT molecular complexity index is 1160. The molecule has 2 aromatic heterocycles. The molecule has 1 unspecified atom stereocenters. The Balaban J connectivity index is 1.22. The van der Waals surface area contributed by atoms with E-state index in [9.17, 15) is 18.3 Å². The summed E-state index contributed by atoms with van der Waals surface area (Å²) in [5.74, 6) is 0.820. The molecule has 4 aliphatic rings. The lowest BCUT2D eigenvalue weighted by molar-refractivity contribution is -0.136. The number of rotatable bonds is 8. The van der Waals surface area contributed by atoms with Gasteiger partial charge in [-0.25, -0.2) is 15.0 Å². The third kappa shape index (κ3) is 6.31. The van der Waals surface area contributed by atoms with Crippen molar-refractivity contribution in [3.8, 4) is 5.88 Å². The Morgan fingerprint density at radius 3 is 2.50 bits per heavy atom. The van der Waals surface area contributed by atoms with Gasteiger partial charge >= 0.3 is 6.18 Å². The highest BCUT2D eigenvalue weighted by Gasteiger charge is 2.43. The average molecular weight is 564 g/mol. The maximum atomic E-state index is 12.9. The van der Waals surface area contributed by atoms with Crippen LogP contribution in [-0.2, 0) is 4.74 Å². The van der Waals surface area contributed by atoms with E-state index in [0.29, 0.717) is 47.8 Å². The fraction of sp³-hybridized carbons (Fsp3) is 0.759. The Hall–Kier alpha value is -2.24. The molecule has 220 valence electrons. The lowest BCUT2D eigenvalue weighted by Crippen LogP contribution is -2.49. The van der Waals surface area contributed by atoms with Gasteiger partial charge in [-0.1, -0.05) is 0 Å². The molecule has 0 amide bonds. The van der Waals surface area contributed by atoms with E-state index >= 15 is 0 Å². The van der Waals surface area contributed by atoms with Crippen molar-refractivity contribution in [1.82, 2.24) is 19.9 Å². The van der Waals surface area contributed by atoms with Crippen LogP contribution in [0.2, 0.25) is 0 Å². The van der Waals surface area contributed by atoms with E-state index in [4.69, 9.17) is 19.4 Å². The van der Waals surface area contributed by atoms with Crippen LogP contribution in [0.15, 0.2) is 12.4 Å². The number of piperidine rings is 1. The van der Waals surface area contributed by atoms with Crippen LogP contribution < -0.4 is 10.1 Å². The number of ether oxygens (including phenoxy) is 2. The molecule has 5 heterocycles. The molecule has 3 aliphatic heterocycles. The molecule has 2 N–H and O–H groups in total. The Morgan fingerprint density at radius 1 is 1.07 bits per heavy atom. The fourth-order valence-corrected chi connectivity index (χ4v) is 7.28. The zero-order valence-electron chi connectivity index (χ0n) is 23.1. The molecular formula is C29H40F3N5O3. The molecule has 8 nitrogen and oxygen atoms in total. The van der Waals surface area contributed by atoms with E-state index in [1.165, 1.54) is 19.8 Å². The molecule has 6 rings (SSSR count). The minimum Gasteiger partial charge on any atom is -0.474 e. The molecule has 1 aliphatic carbocycles. The van der Waals surface area contributed by atoms with Gasteiger partial charge in [-0.15, -0.1) is 0 Å². The molecule has 2 bridgehead atoms. The van der Waals surface area contributed by atoms with E-state index in [0.717, 1.165) is 57.2 Å². The predicted octanol–water partition coefficient (Wildman–Crippen LogP) is 5.35. The predicted molar refractivity (Wildman–Crippen MR) is 144 cm³/mol. The van der Waals surface area contributed by atoms with Crippen LogP contribution in [0.25, 0.3) is 10.9 Å². The van der Waals surface area contributed by atoms with E-state index in [-0.39, 0.29) is 24.1 Å². The van der Waals surface area contributed by atoms with Crippen molar-refractivity contribution in [2.24, 2.45) is 0 Å². The van der Waals surface area contributed by atoms with Crippen molar-refractivity contribution in [2.75, 3.05) is 18.5 Å². The molecule has 0 spiro atoms. The van der Waals surface area contributed by atoms with Gasteiger partial charge in [0, 0.05) is 49.2 Å². The second kappa shape index (κ2) is 11.6. The third-order valence-corrected chi connectivity index (χ3v) is 9.22. The van der Waals surface area contributed by atoms with Crippen LogP contribution >= 0.6 is 0 Å². The summed E-state index contributed by atoms with van der Waals surface area (Å²) in [6.07, 6.45) is 7.82. The maximum Gasteiger partial charge on any atom is 0.391 e. The summed E-state index contributed by atoms with van der Waals surface area (Å²) in [5.41, 5.74) is 1.61. The van der Waals surface area contributed by atoms with Crippen LogP contribution in [-0.4, -0.2) is 80.7 Å². The van der Waals surface area contributed by atoms with Crippen LogP contribution in [0.4, 0.5) is 19.1 Å². The summed E-state index contributed by atoms with van der Waals surface area (Å²) in [4.78, 5) is 16.4. The molecule has 5 atom stereocenters. The zero-order valence-corrected chi connectivity index (χ0v) is 23.1. The summed E-state index contributed by atoms with van der Waals surface area (Å²) in [7, 11) is 0. The quantitative estimate of drug-likeness (QED) is 0.444. The van der Waals surface area contributed by atoms with Gasteiger partial charge in [-0.05, 0) is 77.0 Å². The van der Waals surface area contributed by atoms with Gasteiger partial charge in [0.15, 0.2) is 0 Å². The van der Waals surface area contributed by atoms with Crippen LogP contribution in [0.1, 0.15) is 89.0 Å². The number of aliphatic hydroxyl groups is 1. The lowest BCUT2D eigenvalue weighted by atomic mass is 9.83. The van der Waals surface area contributed by atoms with Gasteiger partial charge in [0.05, 0.1) is 29.5 Å². The van der Waals surface area contributed by atoms with E-state index in [1.807, 2.05) is 6.20 Å².